The van der Waals surface area contributed by atoms with E-state index in [0.717, 1.165) is 47.0 Å². The molecule has 0 unspecified atom stereocenters. The molecule has 0 bridgehead atoms. The number of carbonyl (C=O) groups excluding carboxylic acids is 1. The van der Waals surface area contributed by atoms with Gasteiger partial charge < -0.3 is 14.5 Å². The highest BCUT2D eigenvalue weighted by molar-refractivity contribution is 6.34. The number of carbonyl (C=O) groups is 1. The summed E-state index contributed by atoms with van der Waals surface area (Å²) in [4.78, 5) is 15.7. The van der Waals surface area contributed by atoms with Gasteiger partial charge in [-0.25, -0.2) is 4.79 Å². The van der Waals surface area contributed by atoms with Gasteiger partial charge in [-0.2, -0.15) is 0 Å². The molecule has 0 aliphatic heterocycles. The summed E-state index contributed by atoms with van der Waals surface area (Å²) in [6, 6.07) is 11.5. The molecule has 0 spiro atoms. The topological polar surface area (TPSA) is 51.3 Å². The van der Waals surface area contributed by atoms with Crippen molar-refractivity contribution in [1.82, 2.24) is 4.98 Å². The van der Waals surface area contributed by atoms with E-state index in [1.807, 2.05) is 57.2 Å². The van der Waals surface area contributed by atoms with Crippen LogP contribution in [0.5, 0.6) is 5.75 Å². The Morgan fingerprint density at radius 3 is 2.57 bits per heavy atom. The maximum atomic E-state index is 12.6. The summed E-state index contributed by atoms with van der Waals surface area (Å²) >= 11 is 6.52. The third kappa shape index (κ3) is 5.37. The van der Waals surface area contributed by atoms with Crippen molar-refractivity contribution in [2.45, 2.75) is 45.6 Å². The van der Waals surface area contributed by atoms with Gasteiger partial charge in [0.25, 0.3) is 0 Å². The smallest absolute Gasteiger partial charge is 0.340 e. The zero-order valence-electron chi connectivity index (χ0n) is 17.5. The van der Waals surface area contributed by atoms with Crippen molar-refractivity contribution in [3.63, 3.8) is 0 Å². The van der Waals surface area contributed by atoms with Crippen LogP contribution in [0.3, 0.4) is 0 Å². The van der Waals surface area contributed by atoms with E-state index in [9.17, 15) is 4.79 Å². The summed E-state index contributed by atoms with van der Waals surface area (Å²) in [6.45, 7) is 6.18. The summed E-state index contributed by atoms with van der Waals surface area (Å²) in [5, 5.41) is 1.38. The van der Waals surface area contributed by atoms with Gasteiger partial charge in [-0.05, 0) is 63.4 Å². The number of terminal acetylenes is 1. The van der Waals surface area contributed by atoms with Gasteiger partial charge in [0.05, 0.1) is 17.2 Å². The van der Waals surface area contributed by atoms with E-state index in [1.165, 1.54) is 0 Å². The molecule has 0 saturated heterocycles. The van der Waals surface area contributed by atoms with Gasteiger partial charge in [0.15, 0.2) is 0 Å². The standard InChI is InChI=1S/C25H26ClNO3/c1-5-6-7-8-13-29-18-11-9-17(10-12-18)19-14-20-21(24(28)30-25(2,3)4)16-27-23(20)15-22(19)26/h1,9-12,14-16,27H,6-8,13H2,2-4H3. The second-order valence-electron chi connectivity index (χ2n) is 8.12. The minimum atomic E-state index is -0.563. The van der Waals surface area contributed by atoms with Crippen molar-refractivity contribution in [2.75, 3.05) is 6.61 Å². The summed E-state index contributed by atoms with van der Waals surface area (Å²) in [7, 11) is 0. The summed E-state index contributed by atoms with van der Waals surface area (Å²) < 4.78 is 11.3. The van der Waals surface area contributed by atoms with Gasteiger partial charge in [0.2, 0.25) is 0 Å². The van der Waals surface area contributed by atoms with Gasteiger partial charge >= 0.3 is 5.97 Å². The van der Waals surface area contributed by atoms with Crippen molar-refractivity contribution >= 4 is 28.5 Å². The Kier molecular flexibility index (Phi) is 6.74. The Morgan fingerprint density at radius 2 is 1.90 bits per heavy atom. The number of aromatic nitrogens is 1. The molecule has 156 valence electrons. The molecule has 1 N–H and O–H groups in total. The largest absolute Gasteiger partial charge is 0.494 e. The van der Waals surface area contributed by atoms with Crippen molar-refractivity contribution in [2.24, 2.45) is 0 Å². The molecule has 0 saturated carbocycles. The lowest BCUT2D eigenvalue weighted by molar-refractivity contribution is 0.00719. The van der Waals surface area contributed by atoms with Gasteiger partial charge in [-0.3, -0.25) is 0 Å². The molecule has 0 aliphatic carbocycles. The van der Waals surface area contributed by atoms with E-state index < -0.39 is 5.60 Å². The van der Waals surface area contributed by atoms with Crippen LogP contribution < -0.4 is 4.74 Å². The minimum absolute atomic E-state index is 0.365. The number of halogens is 1. The Balaban J connectivity index is 1.82. The highest BCUT2D eigenvalue weighted by Crippen LogP contribution is 2.34. The van der Waals surface area contributed by atoms with Crippen LogP contribution in [0.4, 0.5) is 0 Å². The third-order valence-electron chi connectivity index (χ3n) is 4.54. The lowest BCUT2D eigenvalue weighted by Gasteiger charge is -2.19. The fraction of sp³-hybridized carbons (Fsp3) is 0.320. The third-order valence-corrected chi connectivity index (χ3v) is 4.85. The molecule has 0 atom stereocenters. The van der Waals surface area contributed by atoms with Crippen LogP contribution >= 0.6 is 11.6 Å². The van der Waals surface area contributed by atoms with Crippen LogP contribution in [0.25, 0.3) is 22.0 Å². The van der Waals surface area contributed by atoms with Crippen molar-refractivity contribution in [1.29, 1.82) is 0 Å². The first-order valence-electron chi connectivity index (χ1n) is 9.99. The molecule has 2 aromatic carbocycles. The fourth-order valence-electron chi connectivity index (χ4n) is 3.12. The van der Waals surface area contributed by atoms with Crippen LogP contribution in [0.15, 0.2) is 42.6 Å². The molecule has 0 fully saturated rings. The molecule has 3 rings (SSSR count). The summed E-state index contributed by atoms with van der Waals surface area (Å²) in [5.41, 5.74) is 2.50. The molecule has 5 heteroatoms. The van der Waals surface area contributed by atoms with Crippen molar-refractivity contribution in [3.8, 4) is 29.2 Å². The number of ether oxygens (including phenoxy) is 2. The maximum absolute atomic E-state index is 12.6. The van der Waals surface area contributed by atoms with E-state index in [-0.39, 0.29) is 5.97 Å². The quantitative estimate of drug-likeness (QED) is 0.263. The number of H-pyrrole nitrogens is 1. The average molecular weight is 424 g/mol. The van der Waals surface area contributed by atoms with E-state index in [2.05, 4.69) is 10.9 Å². The van der Waals surface area contributed by atoms with E-state index >= 15 is 0 Å². The van der Waals surface area contributed by atoms with Gasteiger partial charge in [0, 0.05) is 29.1 Å². The Labute approximate surface area is 182 Å². The predicted octanol–water partition coefficient (Wildman–Crippen LogP) is 6.63. The molecule has 30 heavy (non-hydrogen) atoms. The molecular weight excluding hydrogens is 398 g/mol. The Morgan fingerprint density at radius 1 is 1.17 bits per heavy atom. The zero-order valence-corrected chi connectivity index (χ0v) is 18.3. The second-order valence-corrected chi connectivity index (χ2v) is 8.52. The molecule has 1 aromatic heterocycles. The lowest BCUT2D eigenvalue weighted by atomic mass is 10.0. The summed E-state index contributed by atoms with van der Waals surface area (Å²) in [5.74, 6) is 3.06. The molecule has 1 heterocycles. The van der Waals surface area contributed by atoms with E-state index in [4.69, 9.17) is 27.5 Å². The molecule has 0 amide bonds. The fourth-order valence-corrected chi connectivity index (χ4v) is 3.39. The van der Waals surface area contributed by atoms with Gasteiger partial charge in [0.1, 0.15) is 11.4 Å². The molecule has 0 radical (unpaired) electrons. The number of nitrogens with one attached hydrogen (secondary N) is 1. The number of fused-ring (bicyclic) bond motifs is 1. The maximum Gasteiger partial charge on any atom is 0.340 e. The molecule has 0 aliphatic rings. The molecular formula is C25H26ClNO3. The first-order valence-corrected chi connectivity index (χ1v) is 10.4. The number of aromatic amines is 1. The van der Waals surface area contributed by atoms with Crippen molar-refractivity contribution < 1.29 is 14.3 Å². The highest BCUT2D eigenvalue weighted by atomic mass is 35.5. The number of esters is 1. The van der Waals surface area contributed by atoms with Crippen LogP contribution in [0.2, 0.25) is 5.02 Å². The predicted molar refractivity (Wildman–Crippen MR) is 122 cm³/mol. The first kappa shape index (κ1) is 21.8. The molecule has 4 nitrogen and oxygen atoms in total. The zero-order chi connectivity index (χ0) is 21.7. The van der Waals surface area contributed by atoms with E-state index in [0.29, 0.717) is 17.2 Å². The summed E-state index contributed by atoms with van der Waals surface area (Å²) in [6.07, 6.45) is 9.58. The number of hydrogen-bond donors (Lipinski definition) is 1. The monoisotopic (exact) mass is 423 g/mol. The average Bonchev–Trinajstić information content (AvgIpc) is 3.09. The minimum Gasteiger partial charge on any atom is -0.494 e. The van der Waals surface area contributed by atoms with Gasteiger partial charge in [-0.1, -0.05) is 23.7 Å². The highest BCUT2D eigenvalue weighted by Gasteiger charge is 2.21. The van der Waals surface area contributed by atoms with Crippen LogP contribution in [-0.2, 0) is 4.74 Å². The first-order chi connectivity index (χ1) is 14.3. The van der Waals surface area contributed by atoms with Crippen LogP contribution in [-0.4, -0.2) is 23.2 Å². The SMILES string of the molecule is C#CCCCCOc1ccc(-c2cc3c(C(=O)OC(C)(C)C)c[nH]c3cc2Cl)cc1. The number of unbranched alkanes of at least 4 members (excludes halogenated alkanes) is 2. The van der Waals surface area contributed by atoms with Crippen LogP contribution in [0.1, 0.15) is 50.4 Å². The lowest BCUT2D eigenvalue weighted by Crippen LogP contribution is -2.23. The van der Waals surface area contributed by atoms with E-state index in [1.54, 1.807) is 6.20 Å². The number of benzene rings is 2. The van der Waals surface area contributed by atoms with Crippen LogP contribution in [0, 0.1) is 12.3 Å². The van der Waals surface area contributed by atoms with Gasteiger partial charge in [-0.15, -0.1) is 12.3 Å². The number of hydrogen-bond acceptors (Lipinski definition) is 3. The Hall–Kier alpha value is -2.90. The number of rotatable bonds is 7. The second kappa shape index (κ2) is 9.28. The molecule has 3 aromatic rings. The normalized spacial score (nSPS) is 11.3. The Bertz CT molecular complexity index is 1070. The van der Waals surface area contributed by atoms with Crippen molar-refractivity contribution in [3.05, 3.63) is 53.2 Å².